The molecule has 0 fully saturated rings. The van der Waals surface area contributed by atoms with Crippen LogP contribution in [0.5, 0.6) is 5.75 Å². The molecule has 1 rings (SSSR count). The summed E-state index contributed by atoms with van der Waals surface area (Å²) in [5.41, 5.74) is 2.16. The molecule has 0 aliphatic rings. The van der Waals surface area contributed by atoms with Gasteiger partial charge in [0.15, 0.2) is 0 Å². The van der Waals surface area contributed by atoms with Crippen LogP contribution in [0.2, 0.25) is 0 Å². The molecule has 0 saturated heterocycles. The second-order valence-electron chi connectivity index (χ2n) is 2.57. The molecule has 0 aliphatic heterocycles. The summed E-state index contributed by atoms with van der Waals surface area (Å²) < 4.78 is 5.58. The third-order valence-electron chi connectivity index (χ3n) is 1.75. The number of hydrogen-bond acceptors (Lipinski definition) is 1. The highest BCUT2D eigenvalue weighted by Crippen LogP contribution is 2.43. The van der Waals surface area contributed by atoms with Gasteiger partial charge < -0.3 is 4.74 Å². The first-order valence-electron chi connectivity index (χ1n) is 3.81. The molecule has 0 radical (unpaired) electrons. The minimum absolute atomic E-state index is 0.101. The number of halogens is 4. The molecule has 0 amide bonds. The number of para-hydroxylation sites is 1. The smallest absolute Gasteiger partial charge is 0.129 e. The Morgan fingerprint density at radius 1 is 1.00 bits per heavy atom. The van der Waals surface area contributed by atoms with E-state index in [-0.39, 0.29) is 7.47 Å². The van der Waals surface area contributed by atoms with Crippen LogP contribution in [0.15, 0.2) is 18.2 Å². The van der Waals surface area contributed by atoms with Crippen molar-refractivity contribution in [2.75, 3.05) is 7.11 Å². The standard InChI is InChI=1S/C9H8Br4O/c1-14-7-5(8(10)11)3-2-4-6(7)9(12)13/h2-4,8-9H,1H3. The van der Waals surface area contributed by atoms with Gasteiger partial charge in [0.25, 0.3) is 0 Å². The SMILES string of the molecule is COc1c(C(Br)Br)cccc1C(Br)Br. The van der Waals surface area contributed by atoms with E-state index in [9.17, 15) is 0 Å². The van der Waals surface area contributed by atoms with Gasteiger partial charge in [0.1, 0.15) is 5.75 Å². The van der Waals surface area contributed by atoms with E-state index in [1.165, 1.54) is 0 Å². The lowest BCUT2D eigenvalue weighted by Gasteiger charge is -2.14. The van der Waals surface area contributed by atoms with E-state index in [1.54, 1.807) is 7.11 Å². The predicted molar refractivity (Wildman–Crippen MR) is 74.2 cm³/mol. The van der Waals surface area contributed by atoms with Crippen molar-refractivity contribution in [2.24, 2.45) is 0 Å². The van der Waals surface area contributed by atoms with Crippen molar-refractivity contribution in [3.63, 3.8) is 0 Å². The van der Waals surface area contributed by atoms with E-state index in [0.717, 1.165) is 16.9 Å². The summed E-state index contributed by atoms with van der Waals surface area (Å²) in [6, 6.07) is 6.02. The van der Waals surface area contributed by atoms with Crippen LogP contribution in [-0.2, 0) is 0 Å². The minimum atomic E-state index is 0.101. The van der Waals surface area contributed by atoms with Crippen molar-refractivity contribution in [1.82, 2.24) is 0 Å². The highest BCUT2D eigenvalue weighted by atomic mass is 79.9. The quantitative estimate of drug-likeness (QED) is 0.569. The molecule has 0 saturated carbocycles. The Kier molecular flexibility index (Phi) is 5.45. The average Bonchev–Trinajstić information content (AvgIpc) is 2.16. The van der Waals surface area contributed by atoms with Gasteiger partial charge in [-0.15, -0.1) is 0 Å². The summed E-state index contributed by atoms with van der Waals surface area (Å²) in [6.07, 6.45) is 0. The molecule has 0 heterocycles. The normalized spacial score (nSPS) is 11.1. The van der Waals surface area contributed by atoms with Gasteiger partial charge in [0.2, 0.25) is 0 Å². The summed E-state index contributed by atoms with van der Waals surface area (Å²) in [4.78, 5) is 0. The lowest BCUT2D eigenvalue weighted by molar-refractivity contribution is 0.408. The van der Waals surface area contributed by atoms with Crippen molar-refractivity contribution in [3.05, 3.63) is 29.3 Å². The molecule has 5 heteroatoms. The Labute approximate surface area is 117 Å². The van der Waals surface area contributed by atoms with Crippen LogP contribution in [0, 0.1) is 0 Å². The van der Waals surface area contributed by atoms with Crippen molar-refractivity contribution < 1.29 is 4.74 Å². The molecule has 0 bridgehead atoms. The van der Waals surface area contributed by atoms with Crippen LogP contribution in [0.4, 0.5) is 0 Å². The monoisotopic (exact) mass is 448 g/mol. The highest BCUT2D eigenvalue weighted by Gasteiger charge is 2.16. The first-order chi connectivity index (χ1) is 6.57. The maximum Gasteiger partial charge on any atom is 0.129 e. The van der Waals surface area contributed by atoms with Crippen molar-refractivity contribution in [3.8, 4) is 5.75 Å². The van der Waals surface area contributed by atoms with Crippen molar-refractivity contribution in [1.29, 1.82) is 0 Å². The highest BCUT2D eigenvalue weighted by molar-refractivity contribution is 9.24. The van der Waals surface area contributed by atoms with Gasteiger partial charge in [-0.2, -0.15) is 0 Å². The number of methoxy groups -OCH3 is 1. The number of hydrogen-bond donors (Lipinski definition) is 0. The van der Waals surface area contributed by atoms with E-state index in [2.05, 4.69) is 63.7 Å². The fourth-order valence-electron chi connectivity index (χ4n) is 1.15. The van der Waals surface area contributed by atoms with Crippen LogP contribution >= 0.6 is 63.7 Å². The first-order valence-corrected chi connectivity index (χ1v) is 7.47. The van der Waals surface area contributed by atoms with Gasteiger partial charge >= 0.3 is 0 Å². The molecule has 0 aromatic heterocycles. The maximum atomic E-state index is 5.38. The Hall–Kier alpha value is 0.940. The van der Waals surface area contributed by atoms with Crippen LogP contribution in [-0.4, -0.2) is 7.11 Å². The van der Waals surface area contributed by atoms with Crippen LogP contribution in [0.1, 0.15) is 18.6 Å². The Balaban J connectivity index is 3.25. The van der Waals surface area contributed by atoms with E-state index < -0.39 is 0 Å². The molecule has 1 aromatic rings. The Morgan fingerprint density at radius 3 is 1.71 bits per heavy atom. The zero-order chi connectivity index (χ0) is 10.7. The van der Waals surface area contributed by atoms with Gasteiger partial charge in [-0.05, 0) is 0 Å². The fourth-order valence-corrected chi connectivity index (χ4v) is 2.59. The number of rotatable bonds is 3. The van der Waals surface area contributed by atoms with Gasteiger partial charge in [-0.1, -0.05) is 81.9 Å². The molecular weight excluding hydrogens is 444 g/mol. The largest absolute Gasteiger partial charge is 0.496 e. The predicted octanol–water partition coefficient (Wildman–Crippen LogP) is 5.27. The first kappa shape index (κ1) is 13.0. The van der Waals surface area contributed by atoms with E-state index >= 15 is 0 Å². The Morgan fingerprint density at radius 2 is 1.43 bits per heavy atom. The van der Waals surface area contributed by atoms with Crippen LogP contribution < -0.4 is 4.74 Å². The van der Waals surface area contributed by atoms with E-state index in [1.807, 2.05) is 18.2 Å². The minimum Gasteiger partial charge on any atom is -0.496 e. The second kappa shape index (κ2) is 5.87. The topological polar surface area (TPSA) is 9.23 Å². The Bertz CT molecular complexity index is 285. The zero-order valence-electron chi connectivity index (χ0n) is 7.31. The number of benzene rings is 1. The third-order valence-corrected chi connectivity index (χ3v) is 3.72. The third kappa shape index (κ3) is 2.97. The summed E-state index contributed by atoms with van der Waals surface area (Å²) in [5, 5.41) is 0. The van der Waals surface area contributed by atoms with Crippen LogP contribution in [0.3, 0.4) is 0 Å². The molecule has 1 aromatic carbocycles. The van der Waals surface area contributed by atoms with E-state index in [0.29, 0.717) is 0 Å². The van der Waals surface area contributed by atoms with Gasteiger partial charge in [-0.3, -0.25) is 0 Å². The molecule has 0 atom stereocenters. The lowest BCUT2D eigenvalue weighted by Crippen LogP contribution is -1.96. The van der Waals surface area contributed by atoms with Crippen molar-refractivity contribution >= 4 is 63.7 Å². The van der Waals surface area contributed by atoms with Crippen molar-refractivity contribution in [2.45, 2.75) is 7.47 Å². The number of ether oxygens (including phenoxy) is 1. The summed E-state index contributed by atoms with van der Waals surface area (Å²) in [6.45, 7) is 0. The fraction of sp³-hybridized carbons (Fsp3) is 0.333. The lowest BCUT2D eigenvalue weighted by atomic mass is 10.1. The van der Waals surface area contributed by atoms with Gasteiger partial charge in [-0.25, -0.2) is 0 Å². The van der Waals surface area contributed by atoms with Gasteiger partial charge in [0.05, 0.1) is 14.6 Å². The molecule has 1 nitrogen and oxygen atoms in total. The molecular formula is C9H8Br4O. The maximum absolute atomic E-state index is 5.38. The molecule has 0 N–H and O–H groups in total. The zero-order valence-corrected chi connectivity index (χ0v) is 13.7. The molecule has 0 aliphatic carbocycles. The van der Waals surface area contributed by atoms with Gasteiger partial charge in [0, 0.05) is 11.1 Å². The molecule has 0 unspecified atom stereocenters. The average molecular weight is 452 g/mol. The number of alkyl halides is 4. The summed E-state index contributed by atoms with van der Waals surface area (Å²) >= 11 is 13.9. The van der Waals surface area contributed by atoms with Crippen LogP contribution in [0.25, 0.3) is 0 Å². The van der Waals surface area contributed by atoms with E-state index in [4.69, 9.17) is 4.74 Å². The summed E-state index contributed by atoms with van der Waals surface area (Å²) in [7, 11) is 1.67. The second-order valence-corrected chi connectivity index (χ2v) is 8.69. The molecule has 78 valence electrons. The molecule has 14 heavy (non-hydrogen) atoms. The summed E-state index contributed by atoms with van der Waals surface area (Å²) in [5.74, 6) is 0.880. The molecule has 0 spiro atoms.